The van der Waals surface area contributed by atoms with Gasteiger partial charge in [-0.25, -0.2) is 4.39 Å². The van der Waals surface area contributed by atoms with Gasteiger partial charge in [-0.2, -0.15) is 0 Å². The smallest absolute Gasteiger partial charge is 0.262 e. The molecule has 2 aromatic rings. The summed E-state index contributed by atoms with van der Waals surface area (Å²) < 4.78 is 29.6. The number of anilines is 1. The molecule has 1 aliphatic rings. The van der Waals surface area contributed by atoms with Crippen molar-refractivity contribution in [3.05, 3.63) is 47.8 Å². The van der Waals surface area contributed by atoms with Crippen LogP contribution in [-0.2, 0) is 11.2 Å². The van der Waals surface area contributed by atoms with Crippen LogP contribution in [-0.4, -0.2) is 25.2 Å². The lowest BCUT2D eigenvalue weighted by molar-refractivity contribution is -0.118. The molecule has 6 heteroatoms. The maximum absolute atomic E-state index is 12.9. The lowest BCUT2D eigenvalue weighted by Crippen LogP contribution is -2.20. The minimum absolute atomic E-state index is 0.109. The molecule has 25 heavy (non-hydrogen) atoms. The average molecular weight is 345 g/mol. The van der Waals surface area contributed by atoms with E-state index in [-0.39, 0.29) is 24.4 Å². The van der Waals surface area contributed by atoms with Crippen molar-refractivity contribution in [1.29, 1.82) is 0 Å². The lowest BCUT2D eigenvalue weighted by Gasteiger charge is -2.14. The summed E-state index contributed by atoms with van der Waals surface area (Å²) in [7, 11) is 0. The Morgan fingerprint density at radius 1 is 1.28 bits per heavy atom. The first-order valence-electron chi connectivity index (χ1n) is 8.19. The van der Waals surface area contributed by atoms with E-state index in [1.54, 1.807) is 6.07 Å². The molecule has 0 fully saturated rings. The molecule has 0 aromatic heterocycles. The predicted molar refractivity (Wildman–Crippen MR) is 91.9 cm³/mol. The van der Waals surface area contributed by atoms with Gasteiger partial charge in [-0.05, 0) is 44.2 Å². The van der Waals surface area contributed by atoms with Crippen LogP contribution in [0.1, 0.15) is 19.4 Å². The summed E-state index contributed by atoms with van der Waals surface area (Å²) in [5.74, 6) is 1.09. The predicted octanol–water partition coefficient (Wildman–Crippen LogP) is 3.57. The molecule has 0 saturated heterocycles. The third-order valence-corrected chi connectivity index (χ3v) is 3.76. The van der Waals surface area contributed by atoms with Crippen LogP contribution in [0.5, 0.6) is 17.2 Å². The van der Waals surface area contributed by atoms with Crippen LogP contribution < -0.4 is 19.5 Å². The van der Waals surface area contributed by atoms with Crippen LogP contribution in [0.25, 0.3) is 0 Å². The van der Waals surface area contributed by atoms with Gasteiger partial charge >= 0.3 is 0 Å². The van der Waals surface area contributed by atoms with Gasteiger partial charge in [0.25, 0.3) is 5.91 Å². The van der Waals surface area contributed by atoms with Crippen LogP contribution in [0.4, 0.5) is 10.1 Å². The maximum Gasteiger partial charge on any atom is 0.262 e. The van der Waals surface area contributed by atoms with E-state index in [9.17, 15) is 9.18 Å². The number of halogens is 1. The fraction of sp³-hybridized carbons (Fsp3) is 0.316. The van der Waals surface area contributed by atoms with E-state index in [4.69, 9.17) is 14.2 Å². The summed E-state index contributed by atoms with van der Waals surface area (Å²) in [6, 6.07) is 9.18. The number of benzene rings is 2. The average Bonchev–Trinajstić information content (AvgIpc) is 2.94. The number of carbonyl (C=O) groups excluding carboxylic acids is 1. The topological polar surface area (TPSA) is 56.8 Å². The summed E-state index contributed by atoms with van der Waals surface area (Å²) in [6.07, 6.45) is 0.925. The Hall–Kier alpha value is -2.76. The third-order valence-electron chi connectivity index (χ3n) is 3.76. The van der Waals surface area contributed by atoms with Crippen LogP contribution in [0, 0.1) is 5.82 Å². The van der Waals surface area contributed by atoms with Crippen molar-refractivity contribution < 1.29 is 23.4 Å². The van der Waals surface area contributed by atoms with Crippen LogP contribution in [0.3, 0.4) is 0 Å². The molecular formula is C19H20FNO4. The molecular weight excluding hydrogens is 325 g/mol. The van der Waals surface area contributed by atoms with Gasteiger partial charge in [0.05, 0.1) is 12.3 Å². The van der Waals surface area contributed by atoms with E-state index in [0.717, 1.165) is 17.7 Å². The minimum Gasteiger partial charge on any atom is -0.492 e. The zero-order valence-corrected chi connectivity index (χ0v) is 14.2. The number of hydrogen-bond donors (Lipinski definition) is 1. The van der Waals surface area contributed by atoms with Crippen molar-refractivity contribution in [3.63, 3.8) is 0 Å². The Balaban J connectivity index is 1.67. The number of amides is 1. The highest BCUT2D eigenvalue weighted by molar-refractivity contribution is 5.93. The van der Waals surface area contributed by atoms with Gasteiger partial charge in [0, 0.05) is 18.1 Å². The molecule has 1 atom stereocenters. The Morgan fingerprint density at radius 3 is 2.76 bits per heavy atom. The Kier molecular flexibility index (Phi) is 5.07. The highest BCUT2D eigenvalue weighted by Gasteiger charge is 2.22. The van der Waals surface area contributed by atoms with Crippen LogP contribution in [0.2, 0.25) is 0 Å². The molecule has 2 aromatic carbocycles. The van der Waals surface area contributed by atoms with Crippen molar-refractivity contribution in [2.24, 2.45) is 0 Å². The molecule has 1 amide bonds. The van der Waals surface area contributed by atoms with Gasteiger partial charge in [0.2, 0.25) is 0 Å². The number of hydrogen-bond acceptors (Lipinski definition) is 4. The van der Waals surface area contributed by atoms with E-state index < -0.39 is 0 Å². The van der Waals surface area contributed by atoms with Crippen LogP contribution in [0.15, 0.2) is 36.4 Å². The summed E-state index contributed by atoms with van der Waals surface area (Å²) in [5, 5.41) is 2.78. The lowest BCUT2D eigenvalue weighted by atomic mass is 10.1. The third kappa shape index (κ3) is 4.21. The Morgan fingerprint density at radius 2 is 2.04 bits per heavy atom. The van der Waals surface area contributed by atoms with E-state index >= 15 is 0 Å². The standard InChI is InChI=1S/C19H20FNO4/c1-3-23-18-9-13-8-12(2)25-17(13)10-16(18)21-19(22)11-24-15-6-4-14(20)5-7-15/h4-7,9-10,12H,3,8,11H2,1-2H3,(H,21,22)/t12-/m0/s1. The van der Waals surface area contributed by atoms with E-state index in [1.807, 2.05) is 19.9 Å². The molecule has 1 heterocycles. The van der Waals surface area contributed by atoms with Crippen molar-refractivity contribution in [2.45, 2.75) is 26.4 Å². The van der Waals surface area contributed by atoms with E-state index in [1.165, 1.54) is 24.3 Å². The first kappa shape index (κ1) is 17.1. The van der Waals surface area contributed by atoms with Crippen LogP contribution >= 0.6 is 0 Å². The fourth-order valence-electron chi connectivity index (χ4n) is 2.68. The van der Waals surface area contributed by atoms with Gasteiger partial charge in [-0.3, -0.25) is 4.79 Å². The molecule has 1 aliphatic heterocycles. The number of carbonyl (C=O) groups is 1. The molecule has 0 bridgehead atoms. The number of rotatable bonds is 6. The first-order chi connectivity index (χ1) is 12.0. The second kappa shape index (κ2) is 7.42. The van der Waals surface area contributed by atoms with Crippen molar-refractivity contribution in [3.8, 4) is 17.2 Å². The van der Waals surface area contributed by atoms with E-state index in [0.29, 0.717) is 23.8 Å². The molecule has 5 nitrogen and oxygen atoms in total. The fourth-order valence-corrected chi connectivity index (χ4v) is 2.68. The minimum atomic E-state index is -0.356. The number of fused-ring (bicyclic) bond motifs is 1. The molecule has 1 N–H and O–H groups in total. The Labute approximate surface area is 145 Å². The van der Waals surface area contributed by atoms with Gasteiger partial charge in [0.15, 0.2) is 6.61 Å². The zero-order chi connectivity index (χ0) is 17.8. The summed E-state index contributed by atoms with van der Waals surface area (Å²) in [5.41, 5.74) is 1.61. The quantitative estimate of drug-likeness (QED) is 0.870. The molecule has 0 unspecified atom stereocenters. The largest absolute Gasteiger partial charge is 0.492 e. The molecule has 0 aliphatic carbocycles. The molecule has 0 saturated carbocycles. The summed E-state index contributed by atoms with van der Waals surface area (Å²) in [4.78, 5) is 12.2. The molecule has 132 valence electrons. The first-order valence-corrected chi connectivity index (χ1v) is 8.19. The number of nitrogens with one attached hydrogen (secondary N) is 1. The van der Waals surface area contributed by atoms with Gasteiger partial charge in [-0.15, -0.1) is 0 Å². The highest BCUT2D eigenvalue weighted by Crippen LogP contribution is 2.38. The van der Waals surface area contributed by atoms with Gasteiger partial charge in [0.1, 0.15) is 29.2 Å². The van der Waals surface area contributed by atoms with Crippen molar-refractivity contribution in [1.82, 2.24) is 0 Å². The SMILES string of the molecule is CCOc1cc2c(cc1NC(=O)COc1ccc(F)cc1)O[C@@H](C)C2. The van der Waals surface area contributed by atoms with Gasteiger partial charge in [-0.1, -0.05) is 0 Å². The van der Waals surface area contributed by atoms with E-state index in [2.05, 4.69) is 5.32 Å². The summed E-state index contributed by atoms with van der Waals surface area (Å²) in [6.45, 7) is 4.18. The summed E-state index contributed by atoms with van der Waals surface area (Å²) >= 11 is 0. The Bertz CT molecular complexity index is 761. The zero-order valence-electron chi connectivity index (χ0n) is 14.2. The maximum atomic E-state index is 12.9. The second-order valence-electron chi connectivity index (χ2n) is 5.81. The highest BCUT2D eigenvalue weighted by atomic mass is 19.1. The monoisotopic (exact) mass is 345 g/mol. The second-order valence-corrected chi connectivity index (χ2v) is 5.81. The number of ether oxygens (including phenoxy) is 3. The van der Waals surface area contributed by atoms with Crippen molar-refractivity contribution in [2.75, 3.05) is 18.5 Å². The normalized spacial score (nSPS) is 15.2. The molecule has 3 rings (SSSR count). The van der Waals surface area contributed by atoms with Crippen molar-refractivity contribution >= 4 is 11.6 Å². The van der Waals surface area contributed by atoms with Gasteiger partial charge < -0.3 is 19.5 Å². The molecule has 0 spiro atoms. The molecule has 0 radical (unpaired) electrons.